The Morgan fingerprint density at radius 1 is 1.08 bits per heavy atom. The lowest BCUT2D eigenvalue weighted by Crippen LogP contribution is -2.42. The highest BCUT2D eigenvalue weighted by molar-refractivity contribution is 7.91. The SMILES string of the molecule is COc1cccc(C(=O)NCc2ccc(S(=O)(=O)N3CCC(Nc4cccc(C(F)(F)F)c4)CC3)s2)c1. The maximum Gasteiger partial charge on any atom is 0.416 e. The highest BCUT2D eigenvalue weighted by Crippen LogP contribution is 2.32. The molecule has 0 unspecified atom stereocenters. The first kappa shape index (κ1) is 27.0. The van der Waals surface area contributed by atoms with Crippen LogP contribution < -0.4 is 15.4 Å². The lowest BCUT2D eigenvalue weighted by atomic mass is 10.1. The van der Waals surface area contributed by atoms with Crippen LogP contribution in [0.4, 0.5) is 18.9 Å². The van der Waals surface area contributed by atoms with Crippen LogP contribution in [0.5, 0.6) is 5.75 Å². The van der Waals surface area contributed by atoms with Crippen LogP contribution in [0.1, 0.15) is 33.6 Å². The molecule has 1 amide bonds. The van der Waals surface area contributed by atoms with Crippen LogP contribution in [0.3, 0.4) is 0 Å². The number of nitrogens with zero attached hydrogens (tertiary/aromatic N) is 1. The Balaban J connectivity index is 1.32. The minimum absolute atomic E-state index is 0.138. The minimum atomic E-state index is -4.42. The van der Waals surface area contributed by atoms with Crippen molar-refractivity contribution in [3.05, 3.63) is 76.7 Å². The van der Waals surface area contributed by atoms with Crippen molar-refractivity contribution in [3.63, 3.8) is 0 Å². The van der Waals surface area contributed by atoms with Crippen molar-refractivity contribution >= 4 is 33.0 Å². The van der Waals surface area contributed by atoms with Gasteiger partial charge in [0, 0.05) is 35.3 Å². The Morgan fingerprint density at radius 2 is 1.81 bits per heavy atom. The van der Waals surface area contributed by atoms with Gasteiger partial charge in [-0.1, -0.05) is 12.1 Å². The first-order valence-corrected chi connectivity index (χ1v) is 13.8. The molecule has 198 valence electrons. The minimum Gasteiger partial charge on any atom is -0.497 e. The number of alkyl halides is 3. The fraction of sp³-hybridized carbons (Fsp3) is 0.320. The fourth-order valence-corrected chi connectivity index (χ4v) is 6.93. The predicted octanol–water partition coefficient (Wildman–Crippen LogP) is 4.97. The van der Waals surface area contributed by atoms with Gasteiger partial charge in [-0.15, -0.1) is 11.3 Å². The van der Waals surface area contributed by atoms with E-state index < -0.39 is 21.8 Å². The van der Waals surface area contributed by atoms with Crippen molar-refractivity contribution in [3.8, 4) is 5.75 Å². The van der Waals surface area contributed by atoms with Gasteiger partial charge in [0.25, 0.3) is 15.9 Å². The van der Waals surface area contributed by atoms with Crippen molar-refractivity contribution in [2.75, 3.05) is 25.5 Å². The van der Waals surface area contributed by atoms with E-state index in [4.69, 9.17) is 4.74 Å². The molecule has 1 aliphatic rings. The van der Waals surface area contributed by atoms with Gasteiger partial charge in [-0.05, 0) is 61.4 Å². The number of anilines is 1. The summed E-state index contributed by atoms with van der Waals surface area (Å²) in [5.41, 5.74) is 0.0612. The topological polar surface area (TPSA) is 87.7 Å². The van der Waals surface area contributed by atoms with Crippen molar-refractivity contribution in [2.45, 2.75) is 35.8 Å². The number of piperidine rings is 1. The van der Waals surface area contributed by atoms with Crippen molar-refractivity contribution in [1.29, 1.82) is 0 Å². The van der Waals surface area contributed by atoms with Crippen molar-refractivity contribution in [2.24, 2.45) is 0 Å². The fourth-order valence-electron chi connectivity index (χ4n) is 4.01. The van der Waals surface area contributed by atoms with Gasteiger partial charge >= 0.3 is 6.18 Å². The average molecular weight is 554 g/mol. The summed E-state index contributed by atoms with van der Waals surface area (Å²) in [5, 5.41) is 5.87. The van der Waals surface area contributed by atoms with Crippen LogP contribution in [0.15, 0.2) is 64.9 Å². The third-order valence-corrected chi connectivity index (χ3v) is 9.45. The highest BCUT2D eigenvalue weighted by Gasteiger charge is 2.32. The summed E-state index contributed by atoms with van der Waals surface area (Å²) in [4.78, 5) is 13.1. The van der Waals surface area contributed by atoms with E-state index in [1.807, 2.05) is 0 Å². The molecule has 0 radical (unpaired) electrons. The van der Waals surface area contributed by atoms with Gasteiger partial charge < -0.3 is 15.4 Å². The lowest BCUT2D eigenvalue weighted by molar-refractivity contribution is -0.137. The molecule has 1 saturated heterocycles. The first-order valence-electron chi connectivity index (χ1n) is 11.5. The molecule has 2 N–H and O–H groups in total. The summed E-state index contributed by atoms with van der Waals surface area (Å²) in [6.07, 6.45) is -3.50. The zero-order valence-electron chi connectivity index (χ0n) is 19.9. The molecule has 7 nitrogen and oxygen atoms in total. The molecule has 3 aromatic rings. The maximum atomic E-state index is 13.1. The van der Waals surface area contributed by atoms with Crippen LogP contribution in [-0.4, -0.2) is 44.9 Å². The molecule has 4 rings (SSSR count). The second-order valence-electron chi connectivity index (χ2n) is 8.54. The summed E-state index contributed by atoms with van der Waals surface area (Å²) in [5.74, 6) is 0.262. The summed E-state index contributed by atoms with van der Waals surface area (Å²) < 4.78 is 71.9. The maximum absolute atomic E-state index is 13.1. The number of amides is 1. The number of carbonyl (C=O) groups excluding carboxylic acids is 1. The second kappa shape index (κ2) is 11.1. The average Bonchev–Trinajstić information content (AvgIpc) is 3.37. The number of hydrogen-bond acceptors (Lipinski definition) is 6. The number of benzene rings is 2. The summed E-state index contributed by atoms with van der Waals surface area (Å²) in [7, 11) is -2.20. The monoisotopic (exact) mass is 553 g/mol. The van der Waals surface area contributed by atoms with Gasteiger partial charge in [0.15, 0.2) is 0 Å². The number of hydrogen-bond donors (Lipinski definition) is 2. The molecule has 0 aliphatic carbocycles. The number of sulfonamides is 1. The van der Waals surface area contributed by atoms with Gasteiger partial charge in [0.1, 0.15) is 9.96 Å². The smallest absolute Gasteiger partial charge is 0.416 e. The molecule has 2 aromatic carbocycles. The Morgan fingerprint density at radius 3 is 2.51 bits per heavy atom. The van der Waals surface area contributed by atoms with E-state index in [2.05, 4.69) is 10.6 Å². The molecule has 1 aromatic heterocycles. The molecule has 0 spiro atoms. The summed E-state index contributed by atoms with van der Waals surface area (Å²) >= 11 is 1.09. The van der Waals surface area contributed by atoms with E-state index in [1.54, 1.807) is 36.4 Å². The predicted molar refractivity (Wildman–Crippen MR) is 135 cm³/mol. The van der Waals surface area contributed by atoms with Gasteiger partial charge in [-0.2, -0.15) is 17.5 Å². The highest BCUT2D eigenvalue weighted by atomic mass is 32.2. The molecule has 12 heteroatoms. The largest absolute Gasteiger partial charge is 0.497 e. The third kappa shape index (κ3) is 6.62. The molecule has 0 bridgehead atoms. The zero-order chi connectivity index (χ0) is 26.6. The Bertz CT molecular complexity index is 1350. The molecular formula is C25H26F3N3O4S2. The lowest BCUT2D eigenvalue weighted by Gasteiger charge is -2.32. The van der Waals surface area contributed by atoms with Crippen molar-refractivity contribution < 1.29 is 31.1 Å². The first-order chi connectivity index (χ1) is 17.6. The van der Waals surface area contributed by atoms with Crippen LogP contribution in [0.25, 0.3) is 0 Å². The summed E-state index contributed by atoms with van der Waals surface area (Å²) in [6, 6.07) is 14.8. The van der Waals surface area contributed by atoms with Crippen LogP contribution in [0, 0.1) is 0 Å². The molecule has 1 fully saturated rings. The quantitative estimate of drug-likeness (QED) is 0.411. The van der Waals surface area contributed by atoms with Gasteiger partial charge in [0.05, 0.1) is 19.2 Å². The van der Waals surface area contributed by atoms with Gasteiger partial charge in [-0.3, -0.25) is 4.79 Å². The van der Waals surface area contributed by atoms with E-state index in [-0.39, 0.29) is 35.8 Å². The zero-order valence-corrected chi connectivity index (χ0v) is 21.5. The number of methoxy groups -OCH3 is 1. The molecule has 0 saturated carbocycles. The molecule has 0 atom stereocenters. The molecular weight excluding hydrogens is 527 g/mol. The Kier molecular flexibility index (Phi) is 8.10. The van der Waals surface area contributed by atoms with E-state index >= 15 is 0 Å². The molecule has 2 heterocycles. The molecule has 1 aliphatic heterocycles. The number of halogens is 3. The van der Waals surface area contributed by atoms with Gasteiger partial charge in [0.2, 0.25) is 0 Å². The van der Waals surface area contributed by atoms with Crippen molar-refractivity contribution in [1.82, 2.24) is 9.62 Å². The number of carbonyl (C=O) groups is 1. The van der Waals surface area contributed by atoms with E-state index in [9.17, 15) is 26.4 Å². The van der Waals surface area contributed by atoms with Crippen LogP contribution in [0.2, 0.25) is 0 Å². The Labute approximate surface area is 217 Å². The third-order valence-electron chi connectivity index (χ3n) is 6.00. The molecule has 37 heavy (non-hydrogen) atoms. The van der Waals surface area contributed by atoms with E-state index in [0.717, 1.165) is 23.5 Å². The number of nitrogens with one attached hydrogen (secondary N) is 2. The van der Waals surface area contributed by atoms with E-state index in [1.165, 1.54) is 23.5 Å². The number of thiophene rings is 1. The number of rotatable bonds is 8. The Hall–Kier alpha value is -3.09. The second-order valence-corrected chi connectivity index (χ2v) is 11.9. The summed E-state index contributed by atoms with van der Waals surface area (Å²) in [6.45, 7) is 0.677. The van der Waals surface area contributed by atoms with E-state index in [0.29, 0.717) is 34.7 Å². The normalized spacial score (nSPS) is 15.4. The van der Waals surface area contributed by atoms with Crippen LogP contribution >= 0.6 is 11.3 Å². The standard InChI is InChI=1S/C25H26F3N3O4S2/c1-35-21-7-2-4-17(14-21)24(32)29-16-22-8-9-23(36-22)37(33,34)31-12-10-19(11-13-31)30-20-6-3-5-18(15-20)25(26,27)28/h2-9,14-15,19,30H,10-13,16H2,1H3,(H,29,32). The van der Waals surface area contributed by atoms with Gasteiger partial charge in [-0.25, -0.2) is 8.42 Å². The number of ether oxygens (including phenoxy) is 1. The van der Waals surface area contributed by atoms with Crippen LogP contribution in [-0.2, 0) is 22.7 Å².